The fourth-order valence-electron chi connectivity index (χ4n) is 3.13. The van der Waals surface area contributed by atoms with Crippen LogP contribution in [-0.2, 0) is 0 Å². The molecule has 0 aromatic rings. The van der Waals surface area contributed by atoms with Gasteiger partial charge in [0.15, 0.2) is 0 Å². The van der Waals surface area contributed by atoms with Crippen molar-refractivity contribution in [2.45, 2.75) is 44.7 Å². The first-order valence-corrected chi connectivity index (χ1v) is 6.38. The van der Waals surface area contributed by atoms with Crippen LogP contribution in [0.1, 0.15) is 39.0 Å². The maximum absolute atomic E-state index is 3.94. The fraction of sp³-hybridized carbons (Fsp3) is 0.846. The van der Waals surface area contributed by atoms with Gasteiger partial charge in [-0.1, -0.05) is 6.08 Å². The van der Waals surface area contributed by atoms with Gasteiger partial charge in [0.05, 0.1) is 5.66 Å². The smallest absolute Gasteiger partial charge is 0.0743 e. The molecule has 2 heterocycles. The Bertz CT molecular complexity index is 197. The third kappa shape index (κ3) is 2.11. The first-order chi connectivity index (χ1) is 7.27. The van der Waals surface area contributed by atoms with Crippen LogP contribution in [0.15, 0.2) is 12.7 Å². The van der Waals surface area contributed by atoms with E-state index in [-0.39, 0.29) is 5.66 Å². The molecule has 0 aliphatic carbocycles. The third-order valence-corrected chi connectivity index (χ3v) is 4.11. The van der Waals surface area contributed by atoms with Crippen LogP contribution >= 0.6 is 0 Å². The fourth-order valence-corrected chi connectivity index (χ4v) is 3.13. The Balaban J connectivity index is 2.09. The molecule has 0 saturated carbocycles. The van der Waals surface area contributed by atoms with E-state index in [0.717, 1.165) is 6.42 Å². The average molecular weight is 208 g/mol. The predicted octanol–water partition coefficient (Wildman–Crippen LogP) is 2.47. The Morgan fingerprint density at radius 2 is 1.40 bits per heavy atom. The first kappa shape index (κ1) is 11.2. The highest BCUT2D eigenvalue weighted by Crippen LogP contribution is 2.31. The van der Waals surface area contributed by atoms with Crippen LogP contribution in [0.25, 0.3) is 0 Å². The van der Waals surface area contributed by atoms with Gasteiger partial charge in [0.2, 0.25) is 0 Å². The molecule has 2 rings (SSSR count). The van der Waals surface area contributed by atoms with Gasteiger partial charge >= 0.3 is 0 Å². The quantitative estimate of drug-likeness (QED) is 0.655. The van der Waals surface area contributed by atoms with Gasteiger partial charge in [0, 0.05) is 0 Å². The minimum absolute atomic E-state index is 0.259. The van der Waals surface area contributed by atoms with Gasteiger partial charge < -0.3 is 0 Å². The Labute approximate surface area is 93.9 Å². The SMILES string of the molecule is C=CCC(C)(N1CCCC1)N1CCCC1. The van der Waals surface area contributed by atoms with Gasteiger partial charge in [-0.15, -0.1) is 6.58 Å². The normalized spacial score (nSPS) is 24.9. The molecule has 0 amide bonds. The number of hydrogen-bond acceptors (Lipinski definition) is 2. The molecule has 2 aliphatic rings. The second-order valence-corrected chi connectivity index (χ2v) is 5.10. The number of likely N-dealkylation sites (tertiary alicyclic amines) is 2. The molecule has 2 aliphatic heterocycles. The van der Waals surface area contributed by atoms with Crippen LogP contribution in [-0.4, -0.2) is 41.6 Å². The van der Waals surface area contributed by atoms with E-state index in [9.17, 15) is 0 Å². The second kappa shape index (κ2) is 4.67. The summed E-state index contributed by atoms with van der Waals surface area (Å²) in [7, 11) is 0. The molecule has 0 unspecified atom stereocenters. The van der Waals surface area contributed by atoms with Crippen LogP contribution < -0.4 is 0 Å². The number of rotatable bonds is 4. The van der Waals surface area contributed by atoms with Gasteiger partial charge in [-0.05, 0) is 65.2 Å². The summed E-state index contributed by atoms with van der Waals surface area (Å²) in [6, 6.07) is 0. The van der Waals surface area contributed by atoms with Gasteiger partial charge in [0.1, 0.15) is 0 Å². The zero-order chi connectivity index (χ0) is 10.7. The van der Waals surface area contributed by atoms with Crippen molar-refractivity contribution in [1.82, 2.24) is 9.80 Å². The molecule has 2 saturated heterocycles. The lowest BCUT2D eigenvalue weighted by atomic mass is 10.0. The van der Waals surface area contributed by atoms with Crippen molar-refractivity contribution in [2.24, 2.45) is 0 Å². The second-order valence-electron chi connectivity index (χ2n) is 5.10. The molecule has 0 aromatic heterocycles. The summed E-state index contributed by atoms with van der Waals surface area (Å²) in [4.78, 5) is 5.33. The highest BCUT2D eigenvalue weighted by Gasteiger charge is 2.38. The van der Waals surface area contributed by atoms with Crippen LogP contribution in [0.3, 0.4) is 0 Å². The van der Waals surface area contributed by atoms with E-state index in [0.29, 0.717) is 0 Å². The van der Waals surface area contributed by atoms with E-state index in [1.165, 1.54) is 51.9 Å². The molecule has 86 valence electrons. The molecule has 2 fully saturated rings. The topological polar surface area (TPSA) is 6.48 Å². The Kier molecular flexibility index (Phi) is 3.47. The lowest BCUT2D eigenvalue weighted by Gasteiger charge is -2.45. The van der Waals surface area contributed by atoms with Crippen molar-refractivity contribution >= 4 is 0 Å². The molecule has 15 heavy (non-hydrogen) atoms. The van der Waals surface area contributed by atoms with Crippen molar-refractivity contribution < 1.29 is 0 Å². The van der Waals surface area contributed by atoms with E-state index in [1.807, 2.05) is 0 Å². The van der Waals surface area contributed by atoms with Crippen LogP contribution in [0.5, 0.6) is 0 Å². The van der Waals surface area contributed by atoms with E-state index < -0.39 is 0 Å². The summed E-state index contributed by atoms with van der Waals surface area (Å²) < 4.78 is 0. The summed E-state index contributed by atoms with van der Waals surface area (Å²) in [6.45, 7) is 11.5. The van der Waals surface area contributed by atoms with Crippen LogP contribution in [0.4, 0.5) is 0 Å². The van der Waals surface area contributed by atoms with E-state index in [2.05, 4.69) is 29.4 Å². The van der Waals surface area contributed by atoms with Crippen molar-refractivity contribution in [3.8, 4) is 0 Å². The highest BCUT2D eigenvalue weighted by molar-refractivity contribution is 4.95. The van der Waals surface area contributed by atoms with Crippen LogP contribution in [0, 0.1) is 0 Å². The van der Waals surface area contributed by atoms with Crippen molar-refractivity contribution in [3.63, 3.8) is 0 Å². The van der Waals surface area contributed by atoms with Crippen LogP contribution in [0.2, 0.25) is 0 Å². The Hall–Kier alpha value is -0.340. The minimum Gasteiger partial charge on any atom is -0.285 e. The number of hydrogen-bond donors (Lipinski definition) is 0. The molecule has 0 aromatic carbocycles. The maximum Gasteiger partial charge on any atom is 0.0743 e. The zero-order valence-corrected chi connectivity index (χ0v) is 10.0. The van der Waals surface area contributed by atoms with E-state index >= 15 is 0 Å². The summed E-state index contributed by atoms with van der Waals surface area (Å²) in [5.41, 5.74) is 0.259. The standard InChI is InChI=1S/C13H24N2/c1-3-8-13(2,14-9-4-5-10-14)15-11-6-7-12-15/h3H,1,4-12H2,2H3. The first-order valence-electron chi connectivity index (χ1n) is 6.38. The molecule has 0 radical (unpaired) electrons. The maximum atomic E-state index is 3.94. The van der Waals surface area contributed by atoms with Crippen molar-refractivity contribution in [2.75, 3.05) is 26.2 Å². The molecule has 2 nitrogen and oxygen atoms in total. The lowest BCUT2D eigenvalue weighted by Crippen LogP contribution is -2.56. The summed E-state index contributed by atoms with van der Waals surface area (Å²) >= 11 is 0. The minimum atomic E-state index is 0.259. The Morgan fingerprint density at radius 3 is 1.73 bits per heavy atom. The lowest BCUT2D eigenvalue weighted by molar-refractivity contribution is -0.0157. The van der Waals surface area contributed by atoms with Gasteiger partial charge in [-0.25, -0.2) is 0 Å². The molecule has 0 bridgehead atoms. The van der Waals surface area contributed by atoms with Crippen molar-refractivity contribution in [1.29, 1.82) is 0 Å². The molecule has 2 heteroatoms. The summed E-state index contributed by atoms with van der Waals surface area (Å²) in [5.74, 6) is 0. The monoisotopic (exact) mass is 208 g/mol. The van der Waals surface area contributed by atoms with E-state index in [1.54, 1.807) is 0 Å². The Morgan fingerprint density at radius 1 is 1.00 bits per heavy atom. The number of nitrogens with zero attached hydrogens (tertiary/aromatic N) is 2. The highest BCUT2D eigenvalue weighted by atomic mass is 15.4. The predicted molar refractivity (Wildman–Crippen MR) is 64.8 cm³/mol. The van der Waals surface area contributed by atoms with Gasteiger partial charge in [-0.3, -0.25) is 9.80 Å². The molecular formula is C13H24N2. The summed E-state index contributed by atoms with van der Waals surface area (Å²) in [6.07, 6.45) is 8.70. The third-order valence-electron chi connectivity index (χ3n) is 4.11. The summed E-state index contributed by atoms with van der Waals surface area (Å²) in [5, 5.41) is 0. The average Bonchev–Trinajstić information content (AvgIpc) is 2.92. The van der Waals surface area contributed by atoms with Crippen molar-refractivity contribution in [3.05, 3.63) is 12.7 Å². The molecular weight excluding hydrogens is 184 g/mol. The van der Waals surface area contributed by atoms with E-state index in [4.69, 9.17) is 0 Å². The zero-order valence-electron chi connectivity index (χ0n) is 10.0. The molecule has 0 N–H and O–H groups in total. The molecule has 0 spiro atoms. The largest absolute Gasteiger partial charge is 0.285 e. The van der Waals surface area contributed by atoms with Gasteiger partial charge in [0.25, 0.3) is 0 Å². The van der Waals surface area contributed by atoms with Gasteiger partial charge in [-0.2, -0.15) is 0 Å². The molecule has 0 atom stereocenters.